The Hall–Kier alpha value is -3.74. The summed E-state index contributed by atoms with van der Waals surface area (Å²) < 4.78 is 31.1. The van der Waals surface area contributed by atoms with E-state index in [1.165, 1.54) is 37.4 Å². The summed E-state index contributed by atoms with van der Waals surface area (Å²) in [7, 11) is 1.28. The Morgan fingerprint density at radius 1 is 0.871 bits per heavy atom. The maximum Gasteiger partial charge on any atom is 0.337 e. The van der Waals surface area contributed by atoms with Crippen LogP contribution in [0.25, 0.3) is 0 Å². The Morgan fingerprint density at radius 3 is 1.94 bits per heavy atom. The quantitative estimate of drug-likeness (QED) is 0.539. The van der Waals surface area contributed by atoms with Crippen molar-refractivity contribution in [2.45, 2.75) is 18.9 Å². The molecule has 5 nitrogen and oxygen atoms in total. The first-order valence-corrected chi connectivity index (χ1v) is 9.67. The number of amides is 2. The van der Waals surface area contributed by atoms with Crippen LogP contribution in [0.1, 0.15) is 21.5 Å². The minimum atomic E-state index is -0.505. The second kappa shape index (κ2) is 10.3. The fourth-order valence-corrected chi connectivity index (χ4v) is 3.18. The van der Waals surface area contributed by atoms with E-state index in [1.54, 1.807) is 42.5 Å². The van der Waals surface area contributed by atoms with Crippen molar-refractivity contribution in [2.24, 2.45) is 0 Å². The zero-order chi connectivity index (χ0) is 22.2. The van der Waals surface area contributed by atoms with Crippen molar-refractivity contribution in [3.8, 4) is 0 Å². The molecule has 0 aliphatic heterocycles. The van der Waals surface area contributed by atoms with Gasteiger partial charge in [-0.15, -0.1) is 0 Å². The molecule has 0 saturated heterocycles. The van der Waals surface area contributed by atoms with Gasteiger partial charge in [-0.1, -0.05) is 30.3 Å². The number of benzene rings is 3. The van der Waals surface area contributed by atoms with E-state index in [2.05, 4.69) is 15.4 Å². The van der Waals surface area contributed by atoms with Gasteiger partial charge in [-0.3, -0.25) is 0 Å². The molecule has 0 heterocycles. The van der Waals surface area contributed by atoms with Crippen LogP contribution < -0.4 is 10.6 Å². The monoisotopic (exact) mass is 424 g/mol. The molecule has 0 aromatic heterocycles. The average Bonchev–Trinajstić information content (AvgIpc) is 2.76. The fourth-order valence-electron chi connectivity index (χ4n) is 3.18. The number of halogens is 2. The predicted molar refractivity (Wildman–Crippen MR) is 114 cm³/mol. The summed E-state index contributed by atoms with van der Waals surface area (Å²) in [6, 6.07) is 17.7. The number of anilines is 1. The highest BCUT2D eigenvalue weighted by atomic mass is 19.1. The molecule has 0 aliphatic rings. The van der Waals surface area contributed by atoms with E-state index in [4.69, 9.17) is 0 Å². The van der Waals surface area contributed by atoms with Gasteiger partial charge in [0.15, 0.2) is 0 Å². The van der Waals surface area contributed by atoms with Crippen molar-refractivity contribution in [2.75, 3.05) is 12.4 Å². The molecule has 3 rings (SSSR count). The predicted octanol–water partition coefficient (Wildman–Crippen LogP) is 4.73. The molecule has 0 saturated carbocycles. The number of esters is 1. The molecule has 2 amide bonds. The number of nitrogens with one attached hydrogen (secondary N) is 2. The van der Waals surface area contributed by atoms with Crippen molar-refractivity contribution >= 4 is 17.7 Å². The van der Waals surface area contributed by atoms with Gasteiger partial charge in [0.05, 0.1) is 12.7 Å². The van der Waals surface area contributed by atoms with Crippen LogP contribution in [0.4, 0.5) is 19.3 Å². The zero-order valence-corrected chi connectivity index (χ0v) is 16.9. The number of carbonyl (C=O) groups excluding carboxylic acids is 2. The molecule has 0 spiro atoms. The van der Waals surface area contributed by atoms with Crippen LogP contribution in [0.2, 0.25) is 0 Å². The van der Waals surface area contributed by atoms with E-state index in [1.807, 2.05) is 0 Å². The van der Waals surface area contributed by atoms with Crippen molar-refractivity contribution in [1.29, 1.82) is 0 Å². The molecule has 7 heteroatoms. The fraction of sp³-hybridized carbons (Fsp3) is 0.167. The molecule has 0 radical (unpaired) electrons. The molecule has 0 aliphatic carbocycles. The molecule has 3 aromatic carbocycles. The summed E-state index contributed by atoms with van der Waals surface area (Å²) in [5, 5.41) is 5.60. The van der Waals surface area contributed by atoms with E-state index in [0.717, 1.165) is 11.1 Å². The number of hydrogen-bond acceptors (Lipinski definition) is 3. The zero-order valence-electron chi connectivity index (χ0n) is 16.9. The number of ether oxygens (including phenoxy) is 1. The first-order chi connectivity index (χ1) is 14.9. The number of methoxy groups -OCH3 is 1. The van der Waals surface area contributed by atoms with E-state index in [0.29, 0.717) is 24.1 Å². The van der Waals surface area contributed by atoms with Gasteiger partial charge in [-0.25, -0.2) is 18.4 Å². The van der Waals surface area contributed by atoms with Gasteiger partial charge in [-0.2, -0.15) is 0 Å². The van der Waals surface area contributed by atoms with Crippen LogP contribution in [0.3, 0.4) is 0 Å². The van der Waals surface area contributed by atoms with Crippen LogP contribution in [-0.4, -0.2) is 25.2 Å². The maximum atomic E-state index is 13.2. The van der Waals surface area contributed by atoms with E-state index >= 15 is 0 Å². The van der Waals surface area contributed by atoms with Gasteiger partial charge < -0.3 is 15.4 Å². The molecule has 0 atom stereocenters. The molecule has 160 valence electrons. The third-order valence-corrected chi connectivity index (χ3v) is 4.67. The smallest absolute Gasteiger partial charge is 0.337 e. The Bertz CT molecular complexity index is 990. The summed E-state index contributed by atoms with van der Waals surface area (Å²) in [5.41, 5.74) is 2.44. The number of urea groups is 1. The van der Waals surface area contributed by atoms with Gasteiger partial charge >= 0.3 is 12.0 Å². The third kappa shape index (κ3) is 6.64. The number of hydrogen-bond donors (Lipinski definition) is 2. The normalized spacial score (nSPS) is 10.6. The van der Waals surface area contributed by atoms with Gasteiger partial charge in [0.2, 0.25) is 0 Å². The van der Waals surface area contributed by atoms with Gasteiger partial charge in [0, 0.05) is 11.7 Å². The highest BCUT2D eigenvalue weighted by Crippen LogP contribution is 2.14. The van der Waals surface area contributed by atoms with E-state index in [-0.39, 0.29) is 17.7 Å². The Morgan fingerprint density at radius 2 is 1.42 bits per heavy atom. The lowest BCUT2D eigenvalue weighted by Crippen LogP contribution is -2.40. The molecule has 0 fully saturated rings. The van der Waals surface area contributed by atoms with Crippen molar-refractivity contribution in [3.05, 3.63) is 101 Å². The minimum absolute atomic E-state index is 0.314. The minimum Gasteiger partial charge on any atom is -0.465 e. The van der Waals surface area contributed by atoms with Crippen LogP contribution in [0.5, 0.6) is 0 Å². The first-order valence-electron chi connectivity index (χ1n) is 9.67. The highest BCUT2D eigenvalue weighted by Gasteiger charge is 2.15. The van der Waals surface area contributed by atoms with Crippen LogP contribution in [0, 0.1) is 11.6 Å². The number of carbonyl (C=O) groups is 2. The molecule has 3 aromatic rings. The maximum absolute atomic E-state index is 13.2. The van der Waals surface area contributed by atoms with Crippen LogP contribution >= 0.6 is 0 Å². The van der Waals surface area contributed by atoms with Crippen LogP contribution in [-0.2, 0) is 17.6 Å². The summed E-state index contributed by atoms with van der Waals surface area (Å²) in [6.07, 6.45) is 0.903. The Labute approximate surface area is 179 Å². The van der Waals surface area contributed by atoms with Crippen LogP contribution in [0.15, 0.2) is 72.8 Å². The van der Waals surface area contributed by atoms with Gasteiger partial charge in [0.25, 0.3) is 0 Å². The standard InChI is InChI=1S/C24H22F2N2O3/c1-31-23(29)18-3-2-4-21(15-18)27-24(30)28-22(13-16-5-9-19(25)10-6-16)14-17-7-11-20(26)12-8-17/h2-12,15,22H,13-14H2,1H3,(H2,27,28,30). The Balaban J connectivity index is 1.72. The van der Waals surface area contributed by atoms with Crippen molar-refractivity contribution < 1.29 is 23.1 Å². The second-order valence-corrected chi connectivity index (χ2v) is 7.03. The molecule has 31 heavy (non-hydrogen) atoms. The SMILES string of the molecule is COC(=O)c1cccc(NC(=O)NC(Cc2ccc(F)cc2)Cc2ccc(F)cc2)c1. The summed E-state index contributed by atoms with van der Waals surface area (Å²) in [4.78, 5) is 24.3. The molecule has 0 bridgehead atoms. The topological polar surface area (TPSA) is 67.4 Å². The number of rotatable bonds is 7. The summed E-state index contributed by atoms with van der Waals surface area (Å²) in [6.45, 7) is 0. The molecular weight excluding hydrogens is 402 g/mol. The molecular formula is C24H22F2N2O3. The third-order valence-electron chi connectivity index (χ3n) is 4.67. The first kappa shape index (κ1) is 22.0. The highest BCUT2D eigenvalue weighted by molar-refractivity contribution is 5.94. The van der Waals surface area contributed by atoms with Gasteiger partial charge in [-0.05, 0) is 66.4 Å². The molecule has 0 unspecified atom stereocenters. The largest absolute Gasteiger partial charge is 0.465 e. The molecule has 2 N–H and O–H groups in total. The van der Waals surface area contributed by atoms with Crippen molar-refractivity contribution in [1.82, 2.24) is 5.32 Å². The van der Waals surface area contributed by atoms with E-state index in [9.17, 15) is 18.4 Å². The Kier molecular flexibility index (Phi) is 7.32. The van der Waals surface area contributed by atoms with E-state index < -0.39 is 12.0 Å². The lowest BCUT2D eigenvalue weighted by atomic mass is 9.99. The second-order valence-electron chi connectivity index (χ2n) is 7.03. The van der Waals surface area contributed by atoms with Gasteiger partial charge in [0.1, 0.15) is 11.6 Å². The summed E-state index contributed by atoms with van der Waals surface area (Å²) in [5.74, 6) is -1.18. The lowest BCUT2D eigenvalue weighted by molar-refractivity contribution is 0.0600. The summed E-state index contributed by atoms with van der Waals surface area (Å²) >= 11 is 0. The average molecular weight is 424 g/mol. The van der Waals surface area contributed by atoms with Crippen molar-refractivity contribution in [3.63, 3.8) is 0 Å². The lowest BCUT2D eigenvalue weighted by Gasteiger charge is -2.20.